The van der Waals surface area contributed by atoms with E-state index in [9.17, 15) is 14.7 Å². The van der Waals surface area contributed by atoms with Crippen LogP contribution >= 0.6 is 0 Å². The third-order valence-electron chi connectivity index (χ3n) is 3.88. The van der Waals surface area contributed by atoms with Gasteiger partial charge in [-0.3, -0.25) is 9.59 Å². The minimum atomic E-state index is -0.930. The molecule has 1 rings (SSSR count). The van der Waals surface area contributed by atoms with Gasteiger partial charge in [0.05, 0.1) is 6.08 Å². The van der Waals surface area contributed by atoms with Gasteiger partial charge in [-0.15, -0.1) is 0 Å². The Bertz CT molecular complexity index is 740. The maximum atomic E-state index is 11.9. The number of aliphatic hydroxyl groups is 1. The Morgan fingerprint density at radius 3 is 2.61 bits per heavy atom. The van der Waals surface area contributed by atoms with Crippen molar-refractivity contribution in [3.63, 3.8) is 0 Å². The lowest BCUT2D eigenvalue weighted by atomic mass is 9.85. The Kier molecular flexibility index (Phi) is 10.7. The number of hydrogen-bond donors (Lipinski definition) is 3. The molecule has 0 aliphatic heterocycles. The van der Waals surface area contributed by atoms with Gasteiger partial charge in [-0.2, -0.15) is 4.99 Å². The van der Waals surface area contributed by atoms with Crippen LogP contribution in [0.2, 0.25) is 0 Å². The van der Waals surface area contributed by atoms with Crippen molar-refractivity contribution < 1.29 is 14.7 Å². The van der Waals surface area contributed by atoms with Gasteiger partial charge in [0.1, 0.15) is 5.84 Å². The summed E-state index contributed by atoms with van der Waals surface area (Å²) in [6.45, 7) is 4.31. The fourth-order valence-corrected chi connectivity index (χ4v) is 2.47. The minimum absolute atomic E-state index is 0.0480. The Hall–Kier alpha value is -3.15. The molecule has 0 saturated heterocycles. The van der Waals surface area contributed by atoms with E-state index < -0.39 is 17.6 Å². The van der Waals surface area contributed by atoms with E-state index in [1.807, 2.05) is 62.5 Å². The van der Waals surface area contributed by atoms with Crippen molar-refractivity contribution in [2.75, 3.05) is 6.54 Å². The number of rotatable bonds is 9. The summed E-state index contributed by atoms with van der Waals surface area (Å²) < 4.78 is 0. The van der Waals surface area contributed by atoms with E-state index in [1.54, 1.807) is 0 Å². The number of nitrogens with zero attached hydrogens (tertiary/aromatic N) is 1. The summed E-state index contributed by atoms with van der Waals surface area (Å²) in [5.74, 6) is -1.94. The van der Waals surface area contributed by atoms with E-state index in [0.717, 1.165) is 12.5 Å². The molecule has 0 fully saturated rings. The first-order valence-electron chi connectivity index (χ1n) is 9.34. The highest BCUT2D eigenvalue weighted by Gasteiger charge is 2.18. The Morgan fingerprint density at radius 2 is 1.89 bits per heavy atom. The maximum Gasteiger partial charge on any atom is 0.313 e. The molecule has 6 heteroatoms. The number of nitrogens with two attached hydrogens (primary N) is 1. The zero-order valence-corrected chi connectivity index (χ0v) is 16.4. The van der Waals surface area contributed by atoms with Crippen molar-refractivity contribution >= 4 is 17.6 Å². The highest BCUT2D eigenvalue weighted by molar-refractivity contribution is 6.04. The second kappa shape index (κ2) is 13.1. The molecule has 4 N–H and O–H groups in total. The van der Waals surface area contributed by atoms with Gasteiger partial charge in [-0.25, -0.2) is 0 Å². The van der Waals surface area contributed by atoms with Crippen LogP contribution in [0.15, 0.2) is 77.6 Å². The van der Waals surface area contributed by atoms with Crippen LogP contribution in [0.25, 0.3) is 0 Å². The fourth-order valence-electron chi connectivity index (χ4n) is 2.47. The molecule has 0 bridgehead atoms. The smallest absolute Gasteiger partial charge is 0.313 e. The number of aliphatic imine (C=N–C) groups is 1. The van der Waals surface area contributed by atoms with Crippen LogP contribution in [0.5, 0.6) is 0 Å². The molecule has 0 aromatic rings. The SMILES string of the molecule is C\C=C/C=C\C=C\C1C=CC=CC1CC(N)=NC(=O)/C(O)=C/C(=O)NCCC. The molecule has 2 atom stereocenters. The van der Waals surface area contributed by atoms with E-state index in [-0.39, 0.29) is 17.7 Å². The molecule has 28 heavy (non-hydrogen) atoms. The number of carbonyl (C=O) groups excluding carboxylic acids is 2. The second-order valence-corrected chi connectivity index (χ2v) is 6.24. The van der Waals surface area contributed by atoms with Gasteiger partial charge >= 0.3 is 5.91 Å². The number of amides is 2. The zero-order valence-electron chi connectivity index (χ0n) is 16.4. The van der Waals surface area contributed by atoms with Crippen molar-refractivity contribution in [3.05, 3.63) is 72.6 Å². The summed E-state index contributed by atoms with van der Waals surface area (Å²) in [6, 6.07) is 0. The number of nitrogens with one attached hydrogen (secondary N) is 1. The molecule has 0 saturated carbocycles. The fraction of sp³-hybridized carbons (Fsp3) is 0.318. The van der Waals surface area contributed by atoms with Crippen molar-refractivity contribution in [3.8, 4) is 0 Å². The zero-order chi connectivity index (χ0) is 20.8. The third kappa shape index (κ3) is 8.98. The molecular formula is C22H29N3O3. The monoisotopic (exact) mass is 383 g/mol. The molecule has 0 spiro atoms. The van der Waals surface area contributed by atoms with Gasteiger partial charge < -0.3 is 16.2 Å². The predicted octanol–water partition coefficient (Wildman–Crippen LogP) is 3.28. The standard InChI is InChI=1S/C22H29N3O3/c1-3-5-6-7-8-11-17-12-9-10-13-18(17)15-20(23)25-22(28)19(26)16-21(27)24-14-4-2/h3,5-13,16-18,26H,4,14-15H2,1-2H3,(H,24,27)(H2,23,25,28)/b5-3-,7-6-,11-8+,19-16-. The summed E-state index contributed by atoms with van der Waals surface area (Å²) >= 11 is 0. The van der Waals surface area contributed by atoms with Crippen LogP contribution in [-0.2, 0) is 9.59 Å². The molecule has 0 heterocycles. The molecule has 6 nitrogen and oxygen atoms in total. The third-order valence-corrected chi connectivity index (χ3v) is 3.88. The first-order valence-corrected chi connectivity index (χ1v) is 9.34. The lowest BCUT2D eigenvalue weighted by molar-refractivity contribution is -0.119. The van der Waals surface area contributed by atoms with Crippen LogP contribution in [-0.4, -0.2) is 29.3 Å². The van der Waals surface area contributed by atoms with Gasteiger partial charge in [0.25, 0.3) is 0 Å². The van der Waals surface area contributed by atoms with Crippen LogP contribution in [0.1, 0.15) is 26.7 Å². The number of allylic oxidation sites excluding steroid dienone is 10. The van der Waals surface area contributed by atoms with Crippen molar-refractivity contribution in [1.29, 1.82) is 0 Å². The van der Waals surface area contributed by atoms with Gasteiger partial charge in [0, 0.05) is 18.9 Å². The minimum Gasteiger partial charge on any atom is -0.503 e. The lowest BCUT2D eigenvalue weighted by Gasteiger charge is -2.20. The Labute approximate surface area is 166 Å². The number of carbonyl (C=O) groups is 2. The largest absolute Gasteiger partial charge is 0.503 e. The van der Waals surface area contributed by atoms with Gasteiger partial charge in [0.15, 0.2) is 5.76 Å². The topological polar surface area (TPSA) is 105 Å². The van der Waals surface area contributed by atoms with Crippen LogP contribution in [0.3, 0.4) is 0 Å². The summed E-state index contributed by atoms with van der Waals surface area (Å²) in [4.78, 5) is 27.2. The predicted molar refractivity (Wildman–Crippen MR) is 114 cm³/mol. The second-order valence-electron chi connectivity index (χ2n) is 6.24. The van der Waals surface area contributed by atoms with Crippen molar-refractivity contribution in [2.24, 2.45) is 22.6 Å². The number of aliphatic hydroxyl groups excluding tert-OH is 1. The van der Waals surface area contributed by atoms with Crippen LogP contribution in [0.4, 0.5) is 0 Å². The Balaban J connectivity index is 2.72. The molecule has 2 unspecified atom stereocenters. The average molecular weight is 383 g/mol. The van der Waals surface area contributed by atoms with E-state index in [4.69, 9.17) is 5.73 Å². The molecule has 150 valence electrons. The molecule has 2 amide bonds. The van der Waals surface area contributed by atoms with E-state index in [1.165, 1.54) is 0 Å². The lowest BCUT2D eigenvalue weighted by Crippen LogP contribution is -2.24. The summed E-state index contributed by atoms with van der Waals surface area (Å²) in [5.41, 5.74) is 5.90. The Morgan fingerprint density at radius 1 is 1.18 bits per heavy atom. The van der Waals surface area contributed by atoms with Gasteiger partial charge in [-0.05, 0) is 19.3 Å². The quantitative estimate of drug-likeness (QED) is 0.187. The van der Waals surface area contributed by atoms with Crippen LogP contribution in [0, 0.1) is 11.8 Å². The van der Waals surface area contributed by atoms with E-state index >= 15 is 0 Å². The van der Waals surface area contributed by atoms with E-state index in [2.05, 4.69) is 22.5 Å². The molecular weight excluding hydrogens is 354 g/mol. The molecule has 0 aromatic carbocycles. The van der Waals surface area contributed by atoms with E-state index in [0.29, 0.717) is 13.0 Å². The highest BCUT2D eigenvalue weighted by atomic mass is 16.3. The molecule has 0 radical (unpaired) electrons. The van der Waals surface area contributed by atoms with Crippen molar-refractivity contribution in [2.45, 2.75) is 26.7 Å². The van der Waals surface area contributed by atoms with Gasteiger partial charge in [-0.1, -0.05) is 67.7 Å². The highest BCUT2D eigenvalue weighted by Crippen LogP contribution is 2.24. The number of amidine groups is 1. The van der Waals surface area contributed by atoms with Crippen molar-refractivity contribution in [1.82, 2.24) is 5.32 Å². The molecule has 1 aliphatic carbocycles. The summed E-state index contributed by atoms with van der Waals surface area (Å²) in [5, 5.41) is 12.3. The van der Waals surface area contributed by atoms with Crippen LogP contribution < -0.4 is 11.1 Å². The maximum absolute atomic E-state index is 11.9. The number of hydrogen-bond acceptors (Lipinski definition) is 3. The first kappa shape index (κ1) is 22.9. The summed E-state index contributed by atoms with van der Waals surface area (Å²) in [7, 11) is 0. The molecule has 0 aromatic heterocycles. The summed E-state index contributed by atoms with van der Waals surface area (Å²) in [6.07, 6.45) is 21.7. The van der Waals surface area contributed by atoms with Gasteiger partial charge in [0.2, 0.25) is 5.91 Å². The molecule has 1 aliphatic rings. The average Bonchev–Trinajstić information content (AvgIpc) is 2.67. The first-order chi connectivity index (χ1) is 13.5. The normalized spacial score (nSPS) is 20.5.